The van der Waals surface area contributed by atoms with Gasteiger partial charge in [0.05, 0.1) is 11.8 Å². The summed E-state index contributed by atoms with van der Waals surface area (Å²) >= 11 is 0. The highest BCUT2D eigenvalue weighted by molar-refractivity contribution is 5.38. The van der Waals surface area contributed by atoms with Crippen molar-refractivity contribution in [1.82, 2.24) is 4.98 Å². The lowest BCUT2D eigenvalue weighted by Gasteiger charge is -2.11. The van der Waals surface area contributed by atoms with Gasteiger partial charge in [-0.05, 0) is 29.8 Å². The van der Waals surface area contributed by atoms with Crippen LogP contribution in [0.2, 0.25) is 0 Å². The predicted octanol–water partition coefficient (Wildman–Crippen LogP) is 3.39. The fourth-order valence-corrected chi connectivity index (χ4v) is 1.51. The molecule has 100 valence electrons. The Balaban J connectivity index is 2.09. The molecule has 0 saturated heterocycles. The number of aromatic hydroxyl groups is 1. The van der Waals surface area contributed by atoms with E-state index in [1.165, 1.54) is 12.3 Å². The summed E-state index contributed by atoms with van der Waals surface area (Å²) in [5.41, 5.74) is -0.619. The van der Waals surface area contributed by atoms with Gasteiger partial charge in [0.25, 0.3) is 0 Å². The van der Waals surface area contributed by atoms with Gasteiger partial charge in [-0.15, -0.1) is 0 Å². The number of phenols is 1. The van der Waals surface area contributed by atoms with E-state index in [1.807, 2.05) is 0 Å². The van der Waals surface area contributed by atoms with E-state index in [0.29, 0.717) is 11.3 Å². The van der Waals surface area contributed by atoms with Crippen molar-refractivity contribution in [2.24, 2.45) is 0 Å². The molecule has 1 N–H and O–H groups in total. The molecule has 2 rings (SSSR count). The Bertz CT molecular complexity index is 556. The topological polar surface area (TPSA) is 42.4 Å². The monoisotopic (exact) mass is 269 g/mol. The summed E-state index contributed by atoms with van der Waals surface area (Å²) in [7, 11) is 0. The van der Waals surface area contributed by atoms with E-state index in [4.69, 9.17) is 4.74 Å². The predicted molar refractivity (Wildman–Crippen MR) is 61.7 cm³/mol. The Hall–Kier alpha value is -2.24. The molecule has 19 heavy (non-hydrogen) atoms. The molecule has 1 aromatic heterocycles. The highest BCUT2D eigenvalue weighted by Crippen LogP contribution is 2.35. The Morgan fingerprint density at radius 1 is 1.21 bits per heavy atom. The van der Waals surface area contributed by atoms with Crippen LogP contribution >= 0.6 is 0 Å². The van der Waals surface area contributed by atoms with E-state index < -0.39 is 17.5 Å². The molecule has 0 radical (unpaired) electrons. The van der Waals surface area contributed by atoms with Gasteiger partial charge >= 0.3 is 6.18 Å². The van der Waals surface area contributed by atoms with Gasteiger partial charge in [0, 0.05) is 6.20 Å². The molecule has 0 aliphatic carbocycles. The molecule has 0 atom stereocenters. The quantitative estimate of drug-likeness (QED) is 0.928. The van der Waals surface area contributed by atoms with Crippen LogP contribution in [-0.4, -0.2) is 10.1 Å². The number of rotatable bonds is 3. The van der Waals surface area contributed by atoms with Crippen LogP contribution in [0, 0.1) is 0 Å². The molecule has 0 fully saturated rings. The van der Waals surface area contributed by atoms with Gasteiger partial charge in [-0.1, -0.05) is 6.07 Å². The Morgan fingerprint density at radius 3 is 2.58 bits per heavy atom. The third-order valence-electron chi connectivity index (χ3n) is 2.41. The van der Waals surface area contributed by atoms with Crippen molar-refractivity contribution in [3.63, 3.8) is 0 Å². The second-order valence-electron chi connectivity index (χ2n) is 3.83. The van der Waals surface area contributed by atoms with Crippen LogP contribution in [0.25, 0.3) is 0 Å². The van der Waals surface area contributed by atoms with Gasteiger partial charge in [0.2, 0.25) is 0 Å². The van der Waals surface area contributed by atoms with Gasteiger partial charge in [0.1, 0.15) is 18.1 Å². The van der Waals surface area contributed by atoms with Gasteiger partial charge in [-0.25, -0.2) is 0 Å². The highest BCUT2D eigenvalue weighted by atomic mass is 19.4. The molecular weight excluding hydrogens is 259 g/mol. The molecule has 0 aliphatic heterocycles. The first kappa shape index (κ1) is 13.2. The number of nitrogens with zero attached hydrogens (tertiary/aromatic N) is 1. The average Bonchev–Trinajstić information content (AvgIpc) is 2.36. The summed E-state index contributed by atoms with van der Waals surface area (Å²) in [6.07, 6.45) is -1.49. The van der Waals surface area contributed by atoms with Crippen LogP contribution in [0.1, 0.15) is 11.1 Å². The number of phenolic OH excluding ortho intramolecular Hbond substituents is 1. The number of aromatic nitrogens is 1. The summed E-state index contributed by atoms with van der Waals surface area (Å²) in [5, 5.41) is 9.34. The van der Waals surface area contributed by atoms with Crippen LogP contribution < -0.4 is 4.74 Å². The highest BCUT2D eigenvalue weighted by Gasteiger charge is 2.33. The maximum absolute atomic E-state index is 12.4. The summed E-state index contributed by atoms with van der Waals surface area (Å²) in [4.78, 5) is 3.84. The Labute approximate surface area is 107 Å². The molecule has 0 aliphatic rings. The number of alkyl halides is 3. The third kappa shape index (κ3) is 3.37. The molecule has 1 heterocycles. The number of ether oxygens (including phenoxy) is 1. The SMILES string of the molecule is Oc1cc(COc2cccnc2)ccc1C(F)(F)F. The number of benzene rings is 1. The lowest BCUT2D eigenvalue weighted by molar-refractivity contribution is -0.138. The van der Waals surface area contributed by atoms with Gasteiger partial charge < -0.3 is 9.84 Å². The first-order chi connectivity index (χ1) is 8.97. The second-order valence-corrected chi connectivity index (χ2v) is 3.83. The minimum absolute atomic E-state index is 0.0530. The van der Waals surface area contributed by atoms with Crippen molar-refractivity contribution in [1.29, 1.82) is 0 Å². The smallest absolute Gasteiger partial charge is 0.419 e. The Morgan fingerprint density at radius 2 is 2.00 bits per heavy atom. The first-order valence-electron chi connectivity index (χ1n) is 5.39. The standard InChI is InChI=1S/C13H10F3NO2/c14-13(15,16)11-4-3-9(6-12(11)18)8-19-10-2-1-5-17-7-10/h1-7,18H,8H2. The summed E-state index contributed by atoms with van der Waals surface area (Å²) in [6, 6.07) is 6.49. The Kier molecular flexibility index (Phi) is 3.59. The van der Waals surface area contributed by atoms with Crippen LogP contribution in [0.3, 0.4) is 0 Å². The second kappa shape index (κ2) is 5.17. The van der Waals surface area contributed by atoms with Crippen LogP contribution in [0.15, 0.2) is 42.7 Å². The number of hydrogen-bond acceptors (Lipinski definition) is 3. The largest absolute Gasteiger partial charge is 0.507 e. The molecule has 3 nitrogen and oxygen atoms in total. The molecule has 1 aromatic carbocycles. The summed E-state index contributed by atoms with van der Waals surface area (Å²) < 4.78 is 42.6. The van der Waals surface area contributed by atoms with Crippen LogP contribution in [0.5, 0.6) is 11.5 Å². The number of hydrogen-bond donors (Lipinski definition) is 1. The van der Waals surface area contributed by atoms with Gasteiger partial charge in [0.15, 0.2) is 0 Å². The molecule has 2 aromatic rings. The lowest BCUT2D eigenvalue weighted by atomic mass is 10.1. The van der Waals surface area contributed by atoms with Crippen LogP contribution in [0.4, 0.5) is 13.2 Å². The number of pyridine rings is 1. The zero-order valence-electron chi connectivity index (χ0n) is 9.69. The zero-order chi connectivity index (χ0) is 13.9. The van der Waals surface area contributed by atoms with Gasteiger partial charge in [-0.2, -0.15) is 13.2 Å². The van der Waals surface area contributed by atoms with Crippen molar-refractivity contribution in [2.75, 3.05) is 0 Å². The van der Waals surface area contributed by atoms with Crippen molar-refractivity contribution < 1.29 is 23.0 Å². The summed E-state index contributed by atoms with van der Waals surface area (Å²) in [5.74, 6) is -0.304. The molecule has 0 spiro atoms. The van der Waals surface area contributed by atoms with E-state index in [-0.39, 0.29) is 6.61 Å². The first-order valence-corrected chi connectivity index (χ1v) is 5.39. The van der Waals surface area contributed by atoms with Crippen molar-refractivity contribution >= 4 is 0 Å². The fourth-order valence-electron chi connectivity index (χ4n) is 1.51. The minimum Gasteiger partial charge on any atom is -0.507 e. The van der Waals surface area contributed by atoms with E-state index >= 15 is 0 Å². The summed E-state index contributed by atoms with van der Waals surface area (Å²) in [6.45, 7) is 0.0530. The maximum Gasteiger partial charge on any atom is 0.419 e. The maximum atomic E-state index is 12.4. The zero-order valence-corrected chi connectivity index (χ0v) is 9.69. The fraction of sp³-hybridized carbons (Fsp3) is 0.154. The van der Waals surface area contributed by atoms with E-state index in [0.717, 1.165) is 12.1 Å². The van der Waals surface area contributed by atoms with Crippen molar-refractivity contribution in [3.8, 4) is 11.5 Å². The third-order valence-corrected chi connectivity index (χ3v) is 2.41. The molecule has 0 saturated carbocycles. The minimum atomic E-state index is -4.56. The molecule has 0 unspecified atom stereocenters. The van der Waals surface area contributed by atoms with Crippen LogP contribution in [-0.2, 0) is 12.8 Å². The molecule has 0 amide bonds. The van der Waals surface area contributed by atoms with E-state index in [2.05, 4.69) is 4.98 Å². The normalized spacial score (nSPS) is 11.3. The lowest BCUT2D eigenvalue weighted by Crippen LogP contribution is -2.06. The van der Waals surface area contributed by atoms with Gasteiger partial charge in [-0.3, -0.25) is 4.98 Å². The van der Waals surface area contributed by atoms with Crippen molar-refractivity contribution in [2.45, 2.75) is 12.8 Å². The molecular formula is C13H10F3NO2. The molecule has 0 bridgehead atoms. The van der Waals surface area contributed by atoms with E-state index in [1.54, 1.807) is 18.3 Å². The molecule has 6 heteroatoms. The van der Waals surface area contributed by atoms with Crippen molar-refractivity contribution in [3.05, 3.63) is 53.9 Å². The number of halogens is 3. The average molecular weight is 269 g/mol. The van der Waals surface area contributed by atoms with E-state index in [9.17, 15) is 18.3 Å².